The van der Waals surface area contributed by atoms with E-state index in [4.69, 9.17) is 0 Å². The summed E-state index contributed by atoms with van der Waals surface area (Å²) in [4.78, 5) is 0. The van der Waals surface area contributed by atoms with Gasteiger partial charge in [0.2, 0.25) is 0 Å². The number of benzene rings is 1. The standard InChI is InChI=1S/C11H16S/c1-4-11(12-3)10-7-5-9(2)6-8-10/h5-8,11H,4H2,1-3H3. The van der Waals surface area contributed by atoms with Crippen molar-refractivity contribution >= 4 is 11.8 Å². The smallest absolute Gasteiger partial charge is 0.0291 e. The molecule has 1 aromatic carbocycles. The van der Waals surface area contributed by atoms with E-state index in [0.29, 0.717) is 5.25 Å². The summed E-state index contributed by atoms with van der Waals surface area (Å²) >= 11 is 1.93. The predicted molar refractivity (Wildman–Crippen MR) is 57.7 cm³/mol. The lowest BCUT2D eigenvalue weighted by molar-refractivity contribution is 0.897. The van der Waals surface area contributed by atoms with Gasteiger partial charge < -0.3 is 0 Å². The van der Waals surface area contributed by atoms with Crippen molar-refractivity contribution in [1.82, 2.24) is 0 Å². The van der Waals surface area contributed by atoms with E-state index >= 15 is 0 Å². The molecule has 0 aromatic heterocycles. The van der Waals surface area contributed by atoms with Gasteiger partial charge in [0.1, 0.15) is 0 Å². The van der Waals surface area contributed by atoms with Crippen molar-refractivity contribution in [3.05, 3.63) is 35.4 Å². The van der Waals surface area contributed by atoms with Crippen molar-refractivity contribution in [2.45, 2.75) is 25.5 Å². The molecule has 0 aliphatic heterocycles. The Hall–Kier alpha value is -0.430. The van der Waals surface area contributed by atoms with Crippen molar-refractivity contribution < 1.29 is 0 Å². The molecule has 0 fully saturated rings. The Labute approximate surface area is 79.4 Å². The monoisotopic (exact) mass is 180 g/mol. The largest absolute Gasteiger partial charge is 0.157 e. The number of rotatable bonds is 3. The van der Waals surface area contributed by atoms with Crippen molar-refractivity contribution in [1.29, 1.82) is 0 Å². The molecule has 0 amide bonds. The molecule has 0 bridgehead atoms. The zero-order valence-electron chi connectivity index (χ0n) is 8.00. The second-order valence-electron chi connectivity index (χ2n) is 3.04. The highest BCUT2D eigenvalue weighted by atomic mass is 32.2. The lowest BCUT2D eigenvalue weighted by Crippen LogP contribution is -1.90. The third-order valence-corrected chi connectivity index (χ3v) is 3.28. The quantitative estimate of drug-likeness (QED) is 0.681. The van der Waals surface area contributed by atoms with Crippen LogP contribution in [0.2, 0.25) is 0 Å². The number of hydrogen-bond acceptors (Lipinski definition) is 1. The van der Waals surface area contributed by atoms with Gasteiger partial charge in [0.25, 0.3) is 0 Å². The molecular weight excluding hydrogens is 164 g/mol. The second-order valence-corrected chi connectivity index (χ2v) is 4.08. The summed E-state index contributed by atoms with van der Waals surface area (Å²) in [6.07, 6.45) is 3.39. The Morgan fingerprint density at radius 2 is 1.83 bits per heavy atom. The normalized spacial score (nSPS) is 12.9. The minimum Gasteiger partial charge on any atom is -0.157 e. The van der Waals surface area contributed by atoms with Gasteiger partial charge in [-0.15, -0.1) is 0 Å². The zero-order chi connectivity index (χ0) is 8.97. The van der Waals surface area contributed by atoms with Crippen molar-refractivity contribution in [2.75, 3.05) is 6.26 Å². The molecule has 1 heteroatoms. The molecular formula is C11H16S. The second kappa shape index (κ2) is 4.56. The maximum Gasteiger partial charge on any atom is 0.0291 e. The molecule has 0 heterocycles. The first-order valence-electron chi connectivity index (χ1n) is 4.37. The molecule has 0 saturated heterocycles. The van der Waals surface area contributed by atoms with Crippen LogP contribution in [0.25, 0.3) is 0 Å². The Balaban J connectivity index is 2.80. The van der Waals surface area contributed by atoms with Crippen LogP contribution in [0, 0.1) is 6.92 Å². The molecule has 0 N–H and O–H groups in total. The van der Waals surface area contributed by atoms with Crippen molar-refractivity contribution in [2.24, 2.45) is 0 Å². The molecule has 0 aliphatic rings. The molecule has 12 heavy (non-hydrogen) atoms. The first kappa shape index (κ1) is 9.66. The molecule has 1 unspecified atom stereocenters. The summed E-state index contributed by atoms with van der Waals surface area (Å²) in [5.74, 6) is 0. The van der Waals surface area contributed by atoms with Crippen LogP contribution in [-0.4, -0.2) is 6.26 Å². The zero-order valence-corrected chi connectivity index (χ0v) is 8.82. The maximum absolute atomic E-state index is 2.24. The average molecular weight is 180 g/mol. The van der Waals surface area contributed by atoms with Gasteiger partial charge in [-0.05, 0) is 25.2 Å². The molecule has 1 rings (SSSR count). The number of hydrogen-bond donors (Lipinski definition) is 0. The SMILES string of the molecule is CCC(SC)c1ccc(C)cc1. The van der Waals surface area contributed by atoms with Gasteiger partial charge in [-0.1, -0.05) is 36.8 Å². The van der Waals surface area contributed by atoms with Crippen LogP contribution in [0.15, 0.2) is 24.3 Å². The maximum atomic E-state index is 2.24. The topological polar surface area (TPSA) is 0 Å². The first-order chi connectivity index (χ1) is 5.77. The molecule has 0 radical (unpaired) electrons. The van der Waals surface area contributed by atoms with Crippen LogP contribution in [0.3, 0.4) is 0 Å². The fourth-order valence-electron chi connectivity index (χ4n) is 1.32. The summed E-state index contributed by atoms with van der Waals surface area (Å²) in [5.41, 5.74) is 2.80. The summed E-state index contributed by atoms with van der Waals surface area (Å²) in [6.45, 7) is 4.37. The summed E-state index contributed by atoms with van der Waals surface area (Å²) in [5, 5.41) is 0.672. The van der Waals surface area contributed by atoms with Crippen molar-refractivity contribution in [3.63, 3.8) is 0 Å². The molecule has 66 valence electrons. The minimum absolute atomic E-state index is 0.672. The van der Waals surface area contributed by atoms with E-state index in [0.717, 1.165) is 0 Å². The summed E-state index contributed by atoms with van der Waals surface area (Å²) in [7, 11) is 0. The third kappa shape index (κ3) is 2.28. The highest BCUT2D eigenvalue weighted by molar-refractivity contribution is 7.98. The molecule has 0 spiro atoms. The molecule has 0 nitrogen and oxygen atoms in total. The van der Waals surface area contributed by atoms with Crippen LogP contribution in [0.5, 0.6) is 0 Å². The molecule has 0 aliphatic carbocycles. The third-order valence-electron chi connectivity index (χ3n) is 2.10. The Kier molecular flexibility index (Phi) is 3.67. The highest BCUT2D eigenvalue weighted by Crippen LogP contribution is 2.29. The van der Waals surface area contributed by atoms with Crippen molar-refractivity contribution in [3.8, 4) is 0 Å². The van der Waals surface area contributed by atoms with Crippen LogP contribution in [0.4, 0.5) is 0 Å². The van der Waals surface area contributed by atoms with Crippen LogP contribution in [-0.2, 0) is 0 Å². The van der Waals surface area contributed by atoms with Gasteiger partial charge in [0, 0.05) is 5.25 Å². The lowest BCUT2D eigenvalue weighted by Gasteiger charge is -2.11. The Morgan fingerprint density at radius 1 is 1.25 bits per heavy atom. The van der Waals surface area contributed by atoms with Gasteiger partial charge >= 0.3 is 0 Å². The van der Waals surface area contributed by atoms with E-state index in [1.807, 2.05) is 11.8 Å². The van der Waals surface area contributed by atoms with Gasteiger partial charge in [-0.2, -0.15) is 11.8 Å². The Bertz CT molecular complexity index is 221. The van der Waals surface area contributed by atoms with Gasteiger partial charge in [0.05, 0.1) is 0 Å². The fraction of sp³-hybridized carbons (Fsp3) is 0.455. The van der Waals surface area contributed by atoms with Crippen LogP contribution >= 0.6 is 11.8 Å². The van der Waals surface area contributed by atoms with Crippen LogP contribution in [0.1, 0.15) is 29.7 Å². The number of thioether (sulfide) groups is 1. The van der Waals surface area contributed by atoms with Crippen LogP contribution < -0.4 is 0 Å². The Morgan fingerprint density at radius 3 is 2.25 bits per heavy atom. The molecule has 1 aromatic rings. The van der Waals surface area contributed by atoms with E-state index in [9.17, 15) is 0 Å². The first-order valence-corrected chi connectivity index (χ1v) is 5.66. The molecule has 0 saturated carbocycles. The highest BCUT2D eigenvalue weighted by Gasteiger charge is 2.05. The predicted octanol–water partition coefficient (Wildman–Crippen LogP) is 3.81. The number of aryl methyl sites for hydroxylation is 1. The van der Waals surface area contributed by atoms with E-state index in [1.54, 1.807) is 0 Å². The van der Waals surface area contributed by atoms with E-state index in [2.05, 4.69) is 44.4 Å². The van der Waals surface area contributed by atoms with Gasteiger partial charge in [0.15, 0.2) is 0 Å². The summed E-state index contributed by atoms with van der Waals surface area (Å²) < 4.78 is 0. The summed E-state index contributed by atoms with van der Waals surface area (Å²) in [6, 6.07) is 8.85. The minimum atomic E-state index is 0.672. The van der Waals surface area contributed by atoms with E-state index in [-0.39, 0.29) is 0 Å². The van der Waals surface area contributed by atoms with E-state index in [1.165, 1.54) is 17.5 Å². The average Bonchev–Trinajstić information content (AvgIpc) is 2.10. The lowest BCUT2D eigenvalue weighted by atomic mass is 10.1. The van der Waals surface area contributed by atoms with Gasteiger partial charge in [-0.3, -0.25) is 0 Å². The molecule has 1 atom stereocenters. The fourth-order valence-corrected chi connectivity index (χ4v) is 2.08. The van der Waals surface area contributed by atoms with Gasteiger partial charge in [-0.25, -0.2) is 0 Å². The van der Waals surface area contributed by atoms with E-state index < -0.39 is 0 Å².